The maximum absolute atomic E-state index is 14.0. The first-order chi connectivity index (χ1) is 14.7. The molecule has 1 aliphatic rings. The van der Waals surface area contributed by atoms with Crippen molar-refractivity contribution >= 4 is 11.8 Å². The van der Waals surface area contributed by atoms with Gasteiger partial charge in [-0.3, -0.25) is 9.59 Å². The Balaban J connectivity index is 1.62. The van der Waals surface area contributed by atoms with Crippen molar-refractivity contribution in [3.63, 3.8) is 0 Å². The molecule has 1 fully saturated rings. The smallest absolute Gasteiger partial charge is 0.260 e. The number of ether oxygens (including phenoxy) is 1. The van der Waals surface area contributed by atoms with Crippen LogP contribution in [0.15, 0.2) is 24.3 Å². The van der Waals surface area contributed by atoms with E-state index in [0.29, 0.717) is 18.7 Å². The van der Waals surface area contributed by atoms with Gasteiger partial charge in [0.1, 0.15) is 5.75 Å². The van der Waals surface area contributed by atoms with E-state index in [0.717, 1.165) is 28.8 Å². The van der Waals surface area contributed by atoms with Crippen LogP contribution >= 0.6 is 0 Å². The molecule has 8 heteroatoms. The summed E-state index contributed by atoms with van der Waals surface area (Å²) in [6.07, 6.45) is 0.477. The highest BCUT2D eigenvalue weighted by Crippen LogP contribution is 2.26. The van der Waals surface area contributed by atoms with Crippen molar-refractivity contribution in [2.45, 2.75) is 27.2 Å². The Bertz CT molecular complexity index is 1010. The quantitative estimate of drug-likeness (QED) is 0.689. The highest BCUT2D eigenvalue weighted by atomic mass is 19.2. The summed E-state index contributed by atoms with van der Waals surface area (Å²) in [6.45, 7) is 6.79. The Hall–Kier alpha value is -3.03. The molecule has 1 aliphatic heterocycles. The summed E-state index contributed by atoms with van der Waals surface area (Å²) in [7, 11) is 0. The summed E-state index contributed by atoms with van der Waals surface area (Å²) in [6, 6.07) is 5.60. The molecule has 2 amide bonds. The van der Waals surface area contributed by atoms with Gasteiger partial charge in [-0.05, 0) is 56.0 Å². The molecule has 0 aromatic heterocycles. The molecule has 31 heavy (non-hydrogen) atoms. The maximum atomic E-state index is 14.0. The van der Waals surface area contributed by atoms with Gasteiger partial charge in [-0.2, -0.15) is 0 Å². The first kappa shape index (κ1) is 22.7. The van der Waals surface area contributed by atoms with Crippen LogP contribution in [0.3, 0.4) is 0 Å². The van der Waals surface area contributed by atoms with E-state index < -0.39 is 28.9 Å². The molecule has 0 saturated carbocycles. The lowest BCUT2D eigenvalue weighted by molar-refractivity contribution is -0.133. The van der Waals surface area contributed by atoms with Crippen molar-refractivity contribution in [1.29, 1.82) is 0 Å². The molecule has 0 atom stereocenters. The molecule has 0 radical (unpaired) electrons. The zero-order chi connectivity index (χ0) is 22.7. The van der Waals surface area contributed by atoms with E-state index in [1.165, 1.54) is 4.90 Å². The third-order valence-electron chi connectivity index (χ3n) is 5.61. The van der Waals surface area contributed by atoms with Gasteiger partial charge in [-0.15, -0.1) is 0 Å². The fourth-order valence-corrected chi connectivity index (χ4v) is 3.60. The fourth-order valence-electron chi connectivity index (χ4n) is 3.60. The number of aryl methyl sites for hydroxylation is 2. The molecule has 166 valence electrons. The van der Waals surface area contributed by atoms with Crippen molar-refractivity contribution in [3.05, 3.63) is 64.0 Å². The van der Waals surface area contributed by atoms with Crippen LogP contribution < -0.4 is 4.74 Å². The molecule has 1 heterocycles. The van der Waals surface area contributed by atoms with E-state index in [2.05, 4.69) is 0 Å². The Morgan fingerprint density at radius 3 is 2.26 bits per heavy atom. The van der Waals surface area contributed by atoms with Crippen LogP contribution in [0.1, 0.15) is 33.5 Å². The zero-order valence-electron chi connectivity index (χ0n) is 17.8. The number of carbonyl (C=O) groups is 2. The van der Waals surface area contributed by atoms with Crippen LogP contribution in [-0.4, -0.2) is 54.4 Å². The number of carbonyl (C=O) groups excluding carboxylic acids is 2. The molecule has 2 aromatic carbocycles. The number of hydrogen-bond acceptors (Lipinski definition) is 3. The molecule has 1 saturated heterocycles. The fraction of sp³-hybridized carbons (Fsp3) is 0.391. The molecule has 2 aromatic rings. The van der Waals surface area contributed by atoms with E-state index >= 15 is 0 Å². The second-order valence-electron chi connectivity index (χ2n) is 7.69. The van der Waals surface area contributed by atoms with E-state index in [4.69, 9.17) is 4.74 Å². The number of nitrogens with zero attached hydrogens (tertiary/aromatic N) is 2. The van der Waals surface area contributed by atoms with Crippen LogP contribution in [0.25, 0.3) is 0 Å². The summed E-state index contributed by atoms with van der Waals surface area (Å²) in [4.78, 5) is 28.2. The largest absolute Gasteiger partial charge is 0.483 e. The number of benzene rings is 2. The second kappa shape index (κ2) is 9.41. The normalized spacial score (nSPS) is 14.4. The summed E-state index contributed by atoms with van der Waals surface area (Å²) in [5, 5.41) is 0. The first-order valence-electron chi connectivity index (χ1n) is 10.1. The maximum Gasteiger partial charge on any atom is 0.260 e. The summed E-state index contributed by atoms with van der Waals surface area (Å²) < 4.78 is 46.4. The standard InChI is InChI=1S/C23H25F3N2O3/c1-14-5-6-15(2)22(16(14)3)31-13-19(29)27-9-4-10-28(12-11-27)23(30)17-7-8-18(24)21(26)20(17)25/h5-8H,4,9-13H2,1-3H3. The van der Waals surface area contributed by atoms with Gasteiger partial charge in [0.05, 0.1) is 5.56 Å². The lowest BCUT2D eigenvalue weighted by atomic mass is 10.1. The Morgan fingerprint density at radius 1 is 0.871 bits per heavy atom. The molecular weight excluding hydrogens is 409 g/mol. The molecular formula is C23H25F3N2O3. The number of amides is 2. The first-order valence-corrected chi connectivity index (χ1v) is 10.1. The van der Waals surface area contributed by atoms with Gasteiger partial charge in [-0.1, -0.05) is 12.1 Å². The zero-order valence-corrected chi connectivity index (χ0v) is 17.8. The molecule has 0 spiro atoms. The topological polar surface area (TPSA) is 49.9 Å². The Morgan fingerprint density at radius 2 is 1.52 bits per heavy atom. The van der Waals surface area contributed by atoms with Crippen LogP contribution in [0.2, 0.25) is 0 Å². The molecule has 0 bridgehead atoms. The molecule has 0 aliphatic carbocycles. The molecule has 0 N–H and O–H groups in total. The van der Waals surface area contributed by atoms with Crippen molar-refractivity contribution in [1.82, 2.24) is 9.80 Å². The number of rotatable bonds is 4. The van der Waals surface area contributed by atoms with Crippen LogP contribution in [-0.2, 0) is 4.79 Å². The molecule has 5 nitrogen and oxygen atoms in total. The van der Waals surface area contributed by atoms with Crippen molar-refractivity contribution < 1.29 is 27.5 Å². The van der Waals surface area contributed by atoms with E-state index in [1.54, 1.807) is 4.90 Å². The minimum Gasteiger partial charge on any atom is -0.483 e. The van der Waals surface area contributed by atoms with Gasteiger partial charge in [-0.25, -0.2) is 13.2 Å². The minimum absolute atomic E-state index is 0.128. The monoisotopic (exact) mass is 434 g/mol. The van der Waals surface area contributed by atoms with Crippen LogP contribution in [0.4, 0.5) is 13.2 Å². The summed E-state index contributed by atoms with van der Waals surface area (Å²) in [5.41, 5.74) is 2.47. The van der Waals surface area contributed by atoms with Crippen LogP contribution in [0, 0.1) is 38.2 Å². The lowest BCUT2D eigenvalue weighted by Gasteiger charge is -2.23. The predicted molar refractivity (Wildman–Crippen MR) is 110 cm³/mol. The predicted octanol–water partition coefficient (Wildman–Crippen LogP) is 3.78. The molecule has 3 rings (SSSR count). The van der Waals surface area contributed by atoms with E-state index in [-0.39, 0.29) is 32.1 Å². The van der Waals surface area contributed by atoms with E-state index in [9.17, 15) is 22.8 Å². The summed E-state index contributed by atoms with van der Waals surface area (Å²) >= 11 is 0. The minimum atomic E-state index is -1.67. The second-order valence-corrected chi connectivity index (χ2v) is 7.69. The van der Waals surface area contributed by atoms with E-state index in [1.807, 2.05) is 32.9 Å². The third kappa shape index (κ3) is 4.84. The number of hydrogen-bond donors (Lipinski definition) is 0. The average Bonchev–Trinajstić information content (AvgIpc) is 3.01. The lowest BCUT2D eigenvalue weighted by Crippen LogP contribution is -2.39. The molecule has 0 unspecified atom stereocenters. The highest BCUT2D eigenvalue weighted by Gasteiger charge is 2.26. The van der Waals surface area contributed by atoms with Gasteiger partial charge < -0.3 is 14.5 Å². The van der Waals surface area contributed by atoms with Gasteiger partial charge in [0.15, 0.2) is 24.1 Å². The van der Waals surface area contributed by atoms with Gasteiger partial charge >= 0.3 is 0 Å². The Labute approximate surface area is 179 Å². The highest BCUT2D eigenvalue weighted by molar-refractivity contribution is 5.94. The number of halogens is 3. The van der Waals surface area contributed by atoms with Crippen molar-refractivity contribution in [3.8, 4) is 5.75 Å². The summed E-state index contributed by atoms with van der Waals surface area (Å²) in [5.74, 6) is -4.77. The van der Waals surface area contributed by atoms with Gasteiger partial charge in [0, 0.05) is 26.2 Å². The van der Waals surface area contributed by atoms with Gasteiger partial charge in [0.2, 0.25) is 0 Å². The average molecular weight is 434 g/mol. The SMILES string of the molecule is Cc1ccc(C)c(OCC(=O)N2CCCN(C(=O)c3ccc(F)c(F)c3F)CC2)c1C. The van der Waals surface area contributed by atoms with Gasteiger partial charge in [0.25, 0.3) is 11.8 Å². The third-order valence-corrected chi connectivity index (χ3v) is 5.61. The van der Waals surface area contributed by atoms with Crippen molar-refractivity contribution in [2.24, 2.45) is 0 Å². The van der Waals surface area contributed by atoms with Crippen LogP contribution in [0.5, 0.6) is 5.75 Å². The van der Waals surface area contributed by atoms with Crippen molar-refractivity contribution in [2.75, 3.05) is 32.8 Å². The Kier molecular flexibility index (Phi) is 6.87.